The fourth-order valence-electron chi connectivity index (χ4n) is 2.80. The zero-order valence-electron chi connectivity index (χ0n) is 14.6. The average molecular weight is 468 g/mol. The van der Waals surface area contributed by atoms with Crippen LogP contribution >= 0.6 is 35.3 Å². The number of hydrogen-bond acceptors (Lipinski definition) is 2. The molecule has 134 valence electrons. The number of H-pyrrole nitrogens is 1. The molecule has 2 aromatic heterocycles. The fraction of sp³-hybridized carbons (Fsp3) is 0.316. The second kappa shape index (κ2) is 9.82. The highest BCUT2D eigenvalue weighted by atomic mass is 127. The van der Waals surface area contributed by atoms with Gasteiger partial charge in [-0.1, -0.05) is 31.2 Å². The molecule has 3 aromatic rings. The molecule has 1 unspecified atom stereocenters. The van der Waals surface area contributed by atoms with Crippen molar-refractivity contribution < 1.29 is 0 Å². The highest BCUT2D eigenvalue weighted by molar-refractivity contribution is 14.0. The molecular weight excluding hydrogens is 443 g/mol. The number of para-hydroxylation sites is 1. The molecule has 0 aliphatic carbocycles. The summed E-state index contributed by atoms with van der Waals surface area (Å²) in [6.45, 7) is 3.97. The van der Waals surface area contributed by atoms with Gasteiger partial charge in [0.2, 0.25) is 0 Å². The molecule has 0 fully saturated rings. The number of aromatic amines is 1. The summed E-state index contributed by atoms with van der Waals surface area (Å²) in [6.07, 6.45) is 3.06. The van der Waals surface area contributed by atoms with E-state index in [0.717, 1.165) is 25.5 Å². The number of guanidine groups is 1. The number of rotatable bonds is 6. The van der Waals surface area contributed by atoms with Gasteiger partial charge in [-0.05, 0) is 29.5 Å². The van der Waals surface area contributed by atoms with E-state index in [1.54, 1.807) is 11.3 Å². The molecule has 1 aromatic carbocycles. The van der Waals surface area contributed by atoms with Crippen molar-refractivity contribution in [3.63, 3.8) is 0 Å². The maximum absolute atomic E-state index is 4.31. The topological polar surface area (TPSA) is 52.2 Å². The molecule has 1 atom stereocenters. The van der Waals surface area contributed by atoms with Gasteiger partial charge in [0, 0.05) is 48.0 Å². The van der Waals surface area contributed by atoms with Crippen molar-refractivity contribution >= 4 is 52.2 Å². The summed E-state index contributed by atoms with van der Waals surface area (Å²) in [7, 11) is 1.82. The molecule has 0 aliphatic heterocycles. The number of thiophene rings is 1. The van der Waals surface area contributed by atoms with Crippen LogP contribution < -0.4 is 10.6 Å². The minimum Gasteiger partial charge on any atom is -0.361 e. The van der Waals surface area contributed by atoms with Gasteiger partial charge in [0.05, 0.1) is 0 Å². The Hall–Kier alpha value is -1.54. The number of nitrogens with one attached hydrogen (secondary N) is 3. The Kier molecular flexibility index (Phi) is 7.77. The van der Waals surface area contributed by atoms with E-state index in [0.29, 0.717) is 5.92 Å². The number of aliphatic imine (C=N–C) groups is 1. The summed E-state index contributed by atoms with van der Waals surface area (Å²) >= 11 is 1.80. The maximum atomic E-state index is 4.31. The van der Waals surface area contributed by atoms with E-state index in [9.17, 15) is 0 Å². The SMILES string of the molecule is CN=C(NCCc1c[nH]c2ccccc12)NCC(C)c1cccs1.I. The first-order chi connectivity index (χ1) is 11.8. The number of fused-ring (bicyclic) bond motifs is 1. The predicted molar refractivity (Wildman–Crippen MR) is 120 cm³/mol. The molecule has 3 N–H and O–H groups in total. The Morgan fingerprint density at radius 3 is 2.80 bits per heavy atom. The summed E-state index contributed by atoms with van der Waals surface area (Å²) in [6, 6.07) is 12.7. The second-order valence-electron chi connectivity index (χ2n) is 5.91. The van der Waals surface area contributed by atoms with Crippen LogP contribution in [0.2, 0.25) is 0 Å². The van der Waals surface area contributed by atoms with Gasteiger partial charge in [-0.2, -0.15) is 0 Å². The van der Waals surface area contributed by atoms with Crippen molar-refractivity contribution in [3.05, 3.63) is 58.4 Å². The first-order valence-electron chi connectivity index (χ1n) is 8.31. The Bertz CT molecular complexity index is 795. The highest BCUT2D eigenvalue weighted by Gasteiger charge is 2.08. The molecule has 0 saturated carbocycles. The largest absolute Gasteiger partial charge is 0.361 e. The number of hydrogen-bond donors (Lipinski definition) is 3. The number of nitrogens with zero attached hydrogens (tertiary/aromatic N) is 1. The van der Waals surface area contributed by atoms with E-state index in [2.05, 4.69) is 75.5 Å². The van der Waals surface area contributed by atoms with E-state index in [1.165, 1.54) is 21.3 Å². The minimum absolute atomic E-state index is 0. The van der Waals surface area contributed by atoms with Crippen LogP contribution in [0.4, 0.5) is 0 Å². The van der Waals surface area contributed by atoms with Crippen LogP contribution in [0, 0.1) is 0 Å². The van der Waals surface area contributed by atoms with Crippen molar-refractivity contribution in [3.8, 4) is 0 Å². The van der Waals surface area contributed by atoms with Crippen LogP contribution in [0.25, 0.3) is 10.9 Å². The molecule has 3 rings (SSSR count). The smallest absolute Gasteiger partial charge is 0.191 e. The van der Waals surface area contributed by atoms with Gasteiger partial charge in [-0.25, -0.2) is 0 Å². The van der Waals surface area contributed by atoms with Crippen molar-refractivity contribution in [2.45, 2.75) is 19.3 Å². The van der Waals surface area contributed by atoms with Crippen LogP contribution in [0.1, 0.15) is 23.3 Å². The van der Waals surface area contributed by atoms with Crippen LogP contribution in [-0.2, 0) is 6.42 Å². The third-order valence-corrected chi connectivity index (χ3v) is 5.29. The van der Waals surface area contributed by atoms with Gasteiger partial charge in [-0.3, -0.25) is 4.99 Å². The van der Waals surface area contributed by atoms with Crippen LogP contribution in [0.3, 0.4) is 0 Å². The first kappa shape index (κ1) is 19.8. The van der Waals surface area contributed by atoms with E-state index in [4.69, 9.17) is 0 Å². The summed E-state index contributed by atoms with van der Waals surface area (Å²) < 4.78 is 0. The average Bonchev–Trinajstić information content (AvgIpc) is 3.28. The summed E-state index contributed by atoms with van der Waals surface area (Å²) in [4.78, 5) is 9.04. The van der Waals surface area contributed by atoms with Gasteiger partial charge in [0.25, 0.3) is 0 Å². The Morgan fingerprint density at radius 1 is 1.20 bits per heavy atom. The van der Waals surface area contributed by atoms with Crippen molar-refractivity contribution in [1.82, 2.24) is 15.6 Å². The van der Waals surface area contributed by atoms with Crippen LogP contribution in [0.15, 0.2) is 53.0 Å². The molecule has 0 spiro atoms. The monoisotopic (exact) mass is 468 g/mol. The molecule has 6 heteroatoms. The zero-order valence-corrected chi connectivity index (χ0v) is 17.7. The first-order valence-corrected chi connectivity index (χ1v) is 9.19. The predicted octanol–water partition coefficient (Wildman–Crippen LogP) is 4.36. The minimum atomic E-state index is 0. The lowest BCUT2D eigenvalue weighted by Crippen LogP contribution is -2.39. The highest BCUT2D eigenvalue weighted by Crippen LogP contribution is 2.19. The summed E-state index contributed by atoms with van der Waals surface area (Å²) in [5.74, 6) is 1.34. The van der Waals surface area contributed by atoms with Crippen LogP contribution in [-0.4, -0.2) is 31.1 Å². The normalized spacial score (nSPS) is 12.6. The lowest BCUT2D eigenvalue weighted by atomic mass is 10.1. The zero-order chi connectivity index (χ0) is 16.8. The fourth-order valence-corrected chi connectivity index (χ4v) is 3.58. The second-order valence-corrected chi connectivity index (χ2v) is 6.89. The van der Waals surface area contributed by atoms with E-state index in [-0.39, 0.29) is 24.0 Å². The Labute approximate surface area is 170 Å². The molecule has 0 aliphatic rings. The van der Waals surface area contributed by atoms with Gasteiger partial charge >= 0.3 is 0 Å². The number of aromatic nitrogens is 1. The summed E-state index contributed by atoms with van der Waals surface area (Å²) in [5, 5.41) is 10.2. The van der Waals surface area contributed by atoms with E-state index in [1.807, 2.05) is 7.05 Å². The van der Waals surface area contributed by atoms with E-state index < -0.39 is 0 Å². The van der Waals surface area contributed by atoms with Crippen molar-refractivity contribution in [2.75, 3.05) is 20.1 Å². The number of halogens is 1. The van der Waals surface area contributed by atoms with Gasteiger partial charge in [0.1, 0.15) is 0 Å². The Morgan fingerprint density at radius 2 is 2.04 bits per heavy atom. The molecular formula is C19H25IN4S. The van der Waals surface area contributed by atoms with Gasteiger partial charge in [0.15, 0.2) is 5.96 Å². The van der Waals surface area contributed by atoms with Gasteiger partial charge in [-0.15, -0.1) is 35.3 Å². The molecule has 2 heterocycles. The molecule has 25 heavy (non-hydrogen) atoms. The lowest BCUT2D eigenvalue weighted by Gasteiger charge is -2.15. The third kappa shape index (κ3) is 5.22. The quantitative estimate of drug-likeness (QED) is 0.286. The number of benzene rings is 1. The van der Waals surface area contributed by atoms with Crippen LogP contribution in [0.5, 0.6) is 0 Å². The molecule has 0 radical (unpaired) electrons. The molecule has 0 bridgehead atoms. The van der Waals surface area contributed by atoms with Gasteiger partial charge < -0.3 is 15.6 Å². The molecule has 0 saturated heterocycles. The maximum Gasteiger partial charge on any atom is 0.191 e. The van der Waals surface area contributed by atoms with Crippen molar-refractivity contribution in [2.24, 2.45) is 4.99 Å². The standard InChI is InChI=1S/C19H24N4S.HI/c1-14(18-8-5-11-24-18)12-23-19(20-2)21-10-9-15-13-22-17-7-4-3-6-16(15)17;/h3-8,11,13-14,22H,9-10,12H2,1-2H3,(H2,20,21,23);1H. The van der Waals surface area contributed by atoms with Crippen molar-refractivity contribution in [1.29, 1.82) is 0 Å². The van der Waals surface area contributed by atoms with E-state index >= 15 is 0 Å². The molecule has 0 amide bonds. The molecule has 4 nitrogen and oxygen atoms in total. The summed E-state index contributed by atoms with van der Waals surface area (Å²) in [5.41, 5.74) is 2.53. The lowest BCUT2D eigenvalue weighted by molar-refractivity contribution is 0.707. The Balaban J connectivity index is 0.00000225. The third-order valence-electron chi connectivity index (χ3n) is 4.19.